The molecule has 0 aromatic carbocycles. The van der Waals surface area contributed by atoms with Gasteiger partial charge in [-0.1, -0.05) is 13.2 Å². The van der Waals surface area contributed by atoms with Crippen molar-refractivity contribution in [2.45, 2.75) is 38.9 Å². The minimum atomic E-state index is -2.63. The third kappa shape index (κ3) is 3.49. The summed E-state index contributed by atoms with van der Waals surface area (Å²) in [5.74, 6) is 0.517. The first-order chi connectivity index (χ1) is 14.4. The van der Waals surface area contributed by atoms with Crippen LogP contribution in [-0.4, -0.2) is 32.3 Å². The van der Waals surface area contributed by atoms with Gasteiger partial charge in [0.1, 0.15) is 5.69 Å². The molecule has 0 spiro atoms. The minimum absolute atomic E-state index is 0.0256. The Bertz CT molecular complexity index is 1020. The third-order valence-corrected chi connectivity index (χ3v) is 5.74. The van der Waals surface area contributed by atoms with Gasteiger partial charge >= 0.3 is 0 Å². The van der Waals surface area contributed by atoms with E-state index in [-0.39, 0.29) is 17.7 Å². The lowest BCUT2D eigenvalue weighted by molar-refractivity contribution is 0.146. The van der Waals surface area contributed by atoms with Gasteiger partial charge < -0.3 is 15.1 Å². The van der Waals surface area contributed by atoms with Crippen LogP contribution in [0.1, 0.15) is 31.2 Å². The van der Waals surface area contributed by atoms with Crippen molar-refractivity contribution < 1.29 is 8.78 Å². The van der Waals surface area contributed by atoms with Crippen molar-refractivity contribution in [3.8, 4) is 6.07 Å². The summed E-state index contributed by atoms with van der Waals surface area (Å²) in [6.07, 6.45) is 1.20. The number of hydrogen-bond donors (Lipinski definition) is 1. The van der Waals surface area contributed by atoms with E-state index in [0.29, 0.717) is 37.6 Å². The molecule has 2 unspecified atom stereocenters. The molecule has 0 saturated carbocycles. The second-order valence-corrected chi connectivity index (χ2v) is 7.58. The predicted octanol–water partition coefficient (Wildman–Crippen LogP) is 3.87. The fourth-order valence-electron chi connectivity index (χ4n) is 4.09. The SMILES string of the molecule is C=C(Nc1ccnc(C(F)F)c1)N1CCn2ncc(N3C(=C)CC(C#N)C3C)c2C1. The molecule has 156 valence electrons. The fraction of sp³-hybridized carbons (Fsp3) is 0.381. The van der Waals surface area contributed by atoms with E-state index >= 15 is 0 Å². The van der Waals surface area contributed by atoms with E-state index in [9.17, 15) is 14.0 Å². The van der Waals surface area contributed by atoms with E-state index in [4.69, 9.17) is 0 Å². The van der Waals surface area contributed by atoms with Crippen molar-refractivity contribution in [3.63, 3.8) is 0 Å². The zero-order chi connectivity index (χ0) is 21.4. The normalized spacial score (nSPS) is 21.0. The van der Waals surface area contributed by atoms with Gasteiger partial charge in [0.05, 0.1) is 48.5 Å². The molecular weight excluding hydrogens is 388 g/mol. The van der Waals surface area contributed by atoms with Gasteiger partial charge in [0.15, 0.2) is 0 Å². The molecule has 0 bridgehead atoms. The summed E-state index contributed by atoms with van der Waals surface area (Å²) in [5, 5.41) is 17.0. The van der Waals surface area contributed by atoms with Crippen LogP contribution in [0.25, 0.3) is 0 Å². The largest absolute Gasteiger partial charge is 0.351 e. The number of anilines is 2. The van der Waals surface area contributed by atoms with E-state index in [1.165, 1.54) is 12.3 Å². The number of nitrogens with zero attached hydrogens (tertiary/aromatic N) is 6. The minimum Gasteiger partial charge on any atom is -0.351 e. The lowest BCUT2D eigenvalue weighted by Crippen LogP contribution is -2.37. The van der Waals surface area contributed by atoms with E-state index in [0.717, 1.165) is 17.1 Å². The molecule has 2 aromatic rings. The molecule has 1 saturated heterocycles. The number of nitrogens with one attached hydrogen (secondary N) is 1. The van der Waals surface area contributed by atoms with Gasteiger partial charge in [-0.3, -0.25) is 9.67 Å². The summed E-state index contributed by atoms with van der Waals surface area (Å²) in [5.41, 5.74) is 3.11. The van der Waals surface area contributed by atoms with Crippen molar-refractivity contribution in [2.24, 2.45) is 5.92 Å². The predicted molar refractivity (Wildman–Crippen MR) is 109 cm³/mol. The van der Waals surface area contributed by atoms with E-state index in [2.05, 4.69) is 39.5 Å². The van der Waals surface area contributed by atoms with Crippen molar-refractivity contribution in [2.75, 3.05) is 16.8 Å². The highest BCUT2D eigenvalue weighted by molar-refractivity contribution is 5.58. The number of fused-ring (bicyclic) bond motifs is 1. The van der Waals surface area contributed by atoms with Crippen molar-refractivity contribution in [3.05, 3.63) is 60.6 Å². The van der Waals surface area contributed by atoms with Crippen molar-refractivity contribution in [1.82, 2.24) is 19.7 Å². The molecular formula is C21H23F2N7. The number of aromatic nitrogens is 3. The van der Waals surface area contributed by atoms with Crippen LogP contribution >= 0.6 is 0 Å². The topological polar surface area (TPSA) is 73.0 Å². The molecule has 4 heterocycles. The first-order valence-corrected chi connectivity index (χ1v) is 9.75. The van der Waals surface area contributed by atoms with Crippen LogP contribution in [0.3, 0.4) is 0 Å². The molecule has 2 aliphatic rings. The molecule has 2 aromatic heterocycles. The summed E-state index contributed by atoms with van der Waals surface area (Å²) >= 11 is 0. The molecule has 4 rings (SSSR count). The van der Waals surface area contributed by atoms with Gasteiger partial charge in [-0.2, -0.15) is 10.4 Å². The Labute approximate surface area is 173 Å². The molecule has 1 fully saturated rings. The second kappa shape index (κ2) is 7.78. The molecule has 2 atom stereocenters. The van der Waals surface area contributed by atoms with E-state index in [1.54, 1.807) is 6.07 Å². The Balaban J connectivity index is 1.52. The first kappa shape index (κ1) is 19.9. The molecule has 2 aliphatic heterocycles. The van der Waals surface area contributed by atoms with Crippen LogP contribution in [0, 0.1) is 17.2 Å². The Morgan fingerprint density at radius 3 is 2.90 bits per heavy atom. The molecule has 0 radical (unpaired) electrons. The fourth-order valence-corrected chi connectivity index (χ4v) is 4.09. The Morgan fingerprint density at radius 1 is 1.40 bits per heavy atom. The Morgan fingerprint density at radius 2 is 2.20 bits per heavy atom. The summed E-state index contributed by atoms with van der Waals surface area (Å²) in [7, 11) is 0. The third-order valence-electron chi connectivity index (χ3n) is 5.74. The number of allylic oxidation sites excluding steroid dienone is 1. The zero-order valence-corrected chi connectivity index (χ0v) is 16.7. The highest BCUT2D eigenvalue weighted by atomic mass is 19.3. The second-order valence-electron chi connectivity index (χ2n) is 7.58. The van der Waals surface area contributed by atoms with E-state index in [1.807, 2.05) is 22.7 Å². The van der Waals surface area contributed by atoms with Crippen LogP contribution in [0.5, 0.6) is 0 Å². The summed E-state index contributed by atoms with van der Waals surface area (Å²) < 4.78 is 27.8. The highest BCUT2D eigenvalue weighted by Crippen LogP contribution is 2.38. The van der Waals surface area contributed by atoms with Gasteiger partial charge in [0.2, 0.25) is 0 Å². The number of hydrogen-bond acceptors (Lipinski definition) is 6. The monoisotopic (exact) mass is 411 g/mol. The number of nitriles is 1. The smallest absolute Gasteiger partial charge is 0.280 e. The number of pyridine rings is 1. The van der Waals surface area contributed by atoms with Crippen molar-refractivity contribution in [1.29, 1.82) is 5.26 Å². The summed E-state index contributed by atoms with van der Waals surface area (Å²) in [6.45, 7) is 12.2. The first-order valence-electron chi connectivity index (χ1n) is 9.75. The lowest BCUT2D eigenvalue weighted by atomic mass is 10.0. The van der Waals surface area contributed by atoms with Crippen LogP contribution in [0.2, 0.25) is 0 Å². The number of halogens is 2. The average molecular weight is 411 g/mol. The maximum atomic E-state index is 12.9. The molecule has 30 heavy (non-hydrogen) atoms. The van der Waals surface area contributed by atoms with E-state index < -0.39 is 6.43 Å². The number of rotatable bonds is 5. The van der Waals surface area contributed by atoms with Gasteiger partial charge in [0.25, 0.3) is 6.43 Å². The summed E-state index contributed by atoms with van der Waals surface area (Å²) in [4.78, 5) is 7.83. The molecule has 0 aliphatic carbocycles. The highest BCUT2D eigenvalue weighted by Gasteiger charge is 2.37. The van der Waals surface area contributed by atoms with Crippen LogP contribution in [0.15, 0.2) is 49.2 Å². The number of alkyl halides is 2. The van der Waals surface area contributed by atoms with Crippen LogP contribution in [-0.2, 0) is 13.1 Å². The van der Waals surface area contributed by atoms with Gasteiger partial charge in [0, 0.05) is 36.6 Å². The standard InChI is InChI=1S/C21H23F2N7/c1-13-8-16(10-24)14(2)30(13)19-11-26-29-7-6-28(12-20(19)29)15(3)27-17-4-5-25-18(9-17)21(22)23/h4-5,9,11,14,16,21H,1,3,6-8,12H2,2H3,(H,25,27). The van der Waals surface area contributed by atoms with Gasteiger partial charge in [-0.05, 0) is 19.1 Å². The van der Waals surface area contributed by atoms with Crippen LogP contribution in [0.4, 0.5) is 20.2 Å². The average Bonchev–Trinajstić information content (AvgIpc) is 3.27. The maximum absolute atomic E-state index is 12.9. The lowest BCUT2D eigenvalue weighted by Gasteiger charge is -2.34. The molecule has 7 nitrogen and oxygen atoms in total. The van der Waals surface area contributed by atoms with Gasteiger partial charge in [-0.25, -0.2) is 8.78 Å². The van der Waals surface area contributed by atoms with Crippen LogP contribution < -0.4 is 10.2 Å². The quantitative estimate of drug-likeness (QED) is 0.805. The Kier molecular flexibility index (Phi) is 5.16. The Hall–Kier alpha value is -3.41. The molecule has 0 amide bonds. The molecule has 9 heteroatoms. The molecule has 1 N–H and O–H groups in total. The summed E-state index contributed by atoms with van der Waals surface area (Å²) in [6, 6.07) is 5.35. The zero-order valence-electron chi connectivity index (χ0n) is 16.7. The maximum Gasteiger partial charge on any atom is 0.280 e. The van der Waals surface area contributed by atoms with Crippen molar-refractivity contribution >= 4 is 11.4 Å². The van der Waals surface area contributed by atoms with Gasteiger partial charge in [-0.15, -0.1) is 0 Å².